The number of carboxylic acid groups (broad SMARTS) is 1. The van der Waals surface area contributed by atoms with Crippen LogP contribution in [0.1, 0.15) is 28.1 Å². The van der Waals surface area contributed by atoms with Gasteiger partial charge in [-0.3, -0.25) is 4.79 Å². The number of hydrogen-bond donors (Lipinski definition) is 1. The van der Waals surface area contributed by atoms with E-state index in [9.17, 15) is 9.59 Å². The van der Waals surface area contributed by atoms with E-state index in [-0.39, 0.29) is 5.91 Å². The van der Waals surface area contributed by atoms with Gasteiger partial charge in [0.05, 0.1) is 12.2 Å². The van der Waals surface area contributed by atoms with Gasteiger partial charge in [-0.2, -0.15) is 0 Å². The fourth-order valence-electron chi connectivity index (χ4n) is 2.35. The van der Waals surface area contributed by atoms with Crippen LogP contribution in [0.5, 0.6) is 0 Å². The quantitative estimate of drug-likeness (QED) is 0.848. The topological polar surface area (TPSA) is 66.8 Å². The summed E-state index contributed by atoms with van der Waals surface area (Å²) >= 11 is 1.36. The van der Waals surface area contributed by atoms with Gasteiger partial charge in [0.25, 0.3) is 5.91 Å². The van der Waals surface area contributed by atoms with Gasteiger partial charge < -0.3 is 14.7 Å². The number of amides is 1. The molecule has 5 nitrogen and oxygen atoms in total. The first kappa shape index (κ1) is 15.7. The van der Waals surface area contributed by atoms with Crippen LogP contribution in [-0.4, -0.2) is 48.7 Å². The molecule has 1 aromatic rings. The molecule has 21 heavy (non-hydrogen) atoms. The monoisotopic (exact) mass is 309 g/mol. The van der Waals surface area contributed by atoms with Gasteiger partial charge in [-0.1, -0.05) is 0 Å². The lowest BCUT2D eigenvalue weighted by atomic mass is 10.0. The first-order valence-electron chi connectivity index (χ1n) is 6.89. The lowest BCUT2D eigenvalue weighted by Crippen LogP contribution is -2.34. The summed E-state index contributed by atoms with van der Waals surface area (Å²) in [5.41, 5.74) is 0.601. The standard InChI is InChI=1S/C15H19NO4S/c1-16(8-11-3-2-6-20-9-11)15(19)12-7-13(21-10-12)4-5-14(17)18/h4-5,7,10-11H,2-3,6,8-9H2,1H3,(H,17,18). The first-order valence-corrected chi connectivity index (χ1v) is 7.77. The molecule has 2 rings (SSSR count). The zero-order valence-electron chi connectivity index (χ0n) is 11.9. The zero-order chi connectivity index (χ0) is 15.2. The zero-order valence-corrected chi connectivity index (χ0v) is 12.8. The average molecular weight is 309 g/mol. The minimum Gasteiger partial charge on any atom is -0.478 e. The Morgan fingerprint density at radius 2 is 2.38 bits per heavy atom. The molecule has 1 saturated heterocycles. The van der Waals surface area contributed by atoms with E-state index < -0.39 is 5.97 Å². The minimum absolute atomic E-state index is 0.0354. The Hall–Kier alpha value is -1.66. The Morgan fingerprint density at radius 3 is 3.05 bits per heavy atom. The van der Waals surface area contributed by atoms with Crippen molar-refractivity contribution in [3.8, 4) is 0 Å². The first-order chi connectivity index (χ1) is 10.1. The summed E-state index contributed by atoms with van der Waals surface area (Å²) in [6.45, 7) is 2.22. The van der Waals surface area contributed by atoms with Crippen LogP contribution >= 0.6 is 11.3 Å². The number of carboxylic acids is 1. The van der Waals surface area contributed by atoms with Crippen LogP contribution in [-0.2, 0) is 9.53 Å². The second kappa shape index (κ2) is 7.38. The molecule has 1 aromatic heterocycles. The third-order valence-electron chi connectivity index (χ3n) is 3.39. The van der Waals surface area contributed by atoms with Crippen molar-refractivity contribution in [2.45, 2.75) is 12.8 Å². The maximum atomic E-state index is 12.3. The number of nitrogens with zero attached hydrogens (tertiary/aromatic N) is 1. The van der Waals surface area contributed by atoms with Crippen molar-refractivity contribution in [2.24, 2.45) is 5.92 Å². The highest BCUT2D eigenvalue weighted by molar-refractivity contribution is 7.11. The second-order valence-electron chi connectivity index (χ2n) is 5.18. The van der Waals surface area contributed by atoms with Gasteiger partial charge in [0, 0.05) is 36.5 Å². The number of ether oxygens (including phenoxy) is 1. The lowest BCUT2D eigenvalue weighted by molar-refractivity contribution is -0.131. The molecule has 2 heterocycles. The van der Waals surface area contributed by atoms with E-state index >= 15 is 0 Å². The van der Waals surface area contributed by atoms with Crippen LogP contribution in [0.4, 0.5) is 0 Å². The Labute approximate surface area is 127 Å². The Bertz CT molecular complexity index is 532. The maximum absolute atomic E-state index is 12.3. The van der Waals surface area contributed by atoms with Crippen LogP contribution in [0.3, 0.4) is 0 Å². The SMILES string of the molecule is CN(CC1CCCOC1)C(=O)c1csc(C=CC(=O)O)c1. The van der Waals surface area contributed by atoms with Gasteiger partial charge in [0.15, 0.2) is 0 Å². The van der Waals surface area contributed by atoms with Crippen molar-refractivity contribution in [1.82, 2.24) is 4.90 Å². The molecule has 1 fully saturated rings. The lowest BCUT2D eigenvalue weighted by Gasteiger charge is -2.27. The molecule has 0 radical (unpaired) electrons. The summed E-state index contributed by atoms with van der Waals surface area (Å²) in [7, 11) is 1.79. The molecule has 0 bridgehead atoms. The Morgan fingerprint density at radius 1 is 1.57 bits per heavy atom. The molecule has 0 aromatic carbocycles. The van der Waals surface area contributed by atoms with Crippen molar-refractivity contribution in [3.05, 3.63) is 28.0 Å². The second-order valence-corrected chi connectivity index (χ2v) is 6.12. The van der Waals surface area contributed by atoms with Crippen LogP contribution < -0.4 is 0 Å². The summed E-state index contributed by atoms with van der Waals surface area (Å²) < 4.78 is 5.43. The van der Waals surface area contributed by atoms with Crippen molar-refractivity contribution in [2.75, 3.05) is 26.8 Å². The van der Waals surface area contributed by atoms with Gasteiger partial charge in [-0.05, 0) is 30.9 Å². The van der Waals surface area contributed by atoms with E-state index in [1.54, 1.807) is 23.4 Å². The molecule has 1 aliphatic heterocycles. The van der Waals surface area contributed by atoms with Crippen LogP contribution in [0.2, 0.25) is 0 Å². The van der Waals surface area contributed by atoms with Crippen molar-refractivity contribution >= 4 is 29.3 Å². The van der Waals surface area contributed by atoms with Gasteiger partial charge in [-0.25, -0.2) is 4.79 Å². The summed E-state index contributed by atoms with van der Waals surface area (Å²) in [6.07, 6.45) is 4.71. The van der Waals surface area contributed by atoms with E-state index in [1.807, 2.05) is 0 Å². The fourth-order valence-corrected chi connectivity index (χ4v) is 3.12. The normalized spacial score (nSPS) is 18.8. The number of aliphatic carboxylic acids is 1. The average Bonchev–Trinajstić information content (AvgIpc) is 2.94. The van der Waals surface area contributed by atoms with Crippen LogP contribution in [0.15, 0.2) is 17.5 Å². The largest absolute Gasteiger partial charge is 0.478 e. The number of thiophene rings is 1. The van der Waals surface area contributed by atoms with E-state index in [4.69, 9.17) is 9.84 Å². The van der Waals surface area contributed by atoms with Crippen molar-refractivity contribution < 1.29 is 19.4 Å². The molecule has 1 aliphatic rings. The predicted molar refractivity (Wildman–Crippen MR) is 81.5 cm³/mol. The molecule has 1 N–H and O–H groups in total. The number of hydrogen-bond acceptors (Lipinski definition) is 4. The number of carbonyl (C=O) groups excluding carboxylic acids is 1. The molecule has 0 saturated carbocycles. The highest BCUT2D eigenvalue weighted by Crippen LogP contribution is 2.19. The highest BCUT2D eigenvalue weighted by Gasteiger charge is 2.20. The van der Waals surface area contributed by atoms with E-state index in [1.165, 1.54) is 17.4 Å². The van der Waals surface area contributed by atoms with Crippen molar-refractivity contribution in [3.63, 3.8) is 0 Å². The van der Waals surface area contributed by atoms with Gasteiger partial charge in [0.1, 0.15) is 0 Å². The maximum Gasteiger partial charge on any atom is 0.328 e. The van der Waals surface area contributed by atoms with E-state index in [0.29, 0.717) is 24.6 Å². The van der Waals surface area contributed by atoms with Gasteiger partial charge in [0.2, 0.25) is 0 Å². The minimum atomic E-state index is -0.995. The predicted octanol–water partition coefficient (Wildman–Crippen LogP) is 2.34. The fraction of sp³-hybridized carbons (Fsp3) is 0.467. The molecular weight excluding hydrogens is 290 g/mol. The smallest absolute Gasteiger partial charge is 0.328 e. The van der Waals surface area contributed by atoms with Gasteiger partial charge >= 0.3 is 5.97 Å². The van der Waals surface area contributed by atoms with E-state index in [2.05, 4.69) is 0 Å². The van der Waals surface area contributed by atoms with Crippen LogP contribution in [0, 0.1) is 5.92 Å². The Balaban J connectivity index is 1.93. The van der Waals surface area contributed by atoms with E-state index in [0.717, 1.165) is 30.4 Å². The molecule has 1 unspecified atom stereocenters. The molecule has 0 spiro atoms. The third kappa shape index (κ3) is 4.68. The van der Waals surface area contributed by atoms with Gasteiger partial charge in [-0.15, -0.1) is 11.3 Å². The molecular formula is C15H19NO4S. The van der Waals surface area contributed by atoms with Crippen LogP contribution in [0.25, 0.3) is 6.08 Å². The molecule has 114 valence electrons. The third-order valence-corrected chi connectivity index (χ3v) is 4.29. The summed E-state index contributed by atoms with van der Waals surface area (Å²) in [6, 6.07) is 1.72. The molecule has 1 atom stereocenters. The number of carbonyl (C=O) groups is 2. The Kier molecular flexibility index (Phi) is 5.52. The molecule has 6 heteroatoms. The number of rotatable bonds is 5. The molecule has 1 amide bonds. The summed E-state index contributed by atoms with van der Waals surface area (Å²) in [4.78, 5) is 25.3. The van der Waals surface area contributed by atoms with Crippen molar-refractivity contribution in [1.29, 1.82) is 0 Å². The summed E-state index contributed by atoms with van der Waals surface area (Å²) in [5, 5.41) is 10.4. The highest BCUT2D eigenvalue weighted by atomic mass is 32.1. The summed E-state index contributed by atoms with van der Waals surface area (Å²) in [5.74, 6) is -0.629. The molecule has 0 aliphatic carbocycles.